The third kappa shape index (κ3) is 3.45. The second-order valence-corrected chi connectivity index (χ2v) is 7.58. The van der Waals surface area contributed by atoms with Gasteiger partial charge in [-0.15, -0.1) is 0 Å². The maximum Gasteiger partial charge on any atom is 0.223 e. The molecule has 126 valence electrons. The van der Waals surface area contributed by atoms with Crippen LogP contribution in [0.2, 0.25) is 0 Å². The maximum absolute atomic E-state index is 12.5. The van der Waals surface area contributed by atoms with Crippen molar-refractivity contribution in [3.63, 3.8) is 0 Å². The number of carbonyl (C=O) groups excluding carboxylic acids is 1. The van der Waals surface area contributed by atoms with Crippen LogP contribution in [0.4, 0.5) is 0 Å². The Kier molecular flexibility index (Phi) is 5.05. The second-order valence-electron chi connectivity index (χ2n) is 7.58. The molecule has 1 unspecified atom stereocenters. The molecule has 1 saturated heterocycles. The Morgan fingerprint density at radius 3 is 2.57 bits per heavy atom. The van der Waals surface area contributed by atoms with E-state index >= 15 is 0 Å². The zero-order chi connectivity index (χ0) is 16.3. The highest BCUT2D eigenvalue weighted by molar-refractivity contribution is 5.79. The predicted octanol–water partition coefficient (Wildman–Crippen LogP) is 3.17. The molecule has 0 spiro atoms. The zero-order valence-corrected chi connectivity index (χ0v) is 14.5. The topological polar surface area (TPSA) is 41.1 Å². The molecule has 1 saturated carbocycles. The summed E-state index contributed by atoms with van der Waals surface area (Å²) < 4.78 is 0. The number of hydrogen-bond acceptors (Lipinski definition) is 2. The van der Waals surface area contributed by atoms with Gasteiger partial charge in [-0.2, -0.15) is 0 Å². The Balaban J connectivity index is 1.72. The van der Waals surface area contributed by atoms with Gasteiger partial charge >= 0.3 is 0 Å². The second kappa shape index (κ2) is 7.04. The van der Waals surface area contributed by atoms with E-state index in [2.05, 4.69) is 48.7 Å². The van der Waals surface area contributed by atoms with Gasteiger partial charge < -0.3 is 10.6 Å². The van der Waals surface area contributed by atoms with Crippen molar-refractivity contribution in [2.75, 3.05) is 19.6 Å². The summed E-state index contributed by atoms with van der Waals surface area (Å²) in [6.45, 7) is 7.04. The minimum absolute atomic E-state index is 0.119. The van der Waals surface area contributed by atoms with Crippen LogP contribution in [-0.4, -0.2) is 25.5 Å². The number of carbonyl (C=O) groups is 1. The minimum Gasteiger partial charge on any atom is -0.355 e. The zero-order valence-electron chi connectivity index (χ0n) is 14.5. The van der Waals surface area contributed by atoms with E-state index in [4.69, 9.17) is 0 Å². The van der Waals surface area contributed by atoms with Crippen LogP contribution in [0.5, 0.6) is 0 Å². The first-order valence-electron chi connectivity index (χ1n) is 9.17. The Morgan fingerprint density at radius 2 is 1.96 bits per heavy atom. The van der Waals surface area contributed by atoms with Crippen LogP contribution >= 0.6 is 0 Å². The number of benzene rings is 1. The first-order chi connectivity index (χ1) is 11.1. The largest absolute Gasteiger partial charge is 0.355 e. The van der Waals surface area contributed by atoms with Crippen LogP contribution in [0.15, 0.2) is 24.3 Å². The Bertz CT molecular complexity index is 544. The molecule has 3 nitrogen and oxygen atoms in total. The quantitative estimate of drug-likeness (QED) is 0.876. The summed E-state index contributed by atoms with van der Waals surface area (Å²) in [6, 6.07) is 8.73. The average Bonchev–Trinajstić information content (AvgIpc) is 2.52. The molecule has 1 amide bonds. The first kappa shape index (κ1) is 16.5. The van der Waals surface area contributed by atoms with Crippen LogP contribution in [0.1, 0.15) is 50.2 Å². The van der Waals surface area contributed by atoms with Gasteiger partial charge in [0.25, 0.3) is 0 Å². The van der Waals surface area contributed by atoms with Gasteiger partial charge in [0.15, 0.2) is 0 Å². The van der Waals surface area contributed by atoms with Crippen LogP contribution in [0.25, 0.3) is 0 Å². The molecule has 0 aromatic heterocycles. The monoisotopic (exact) mass is 314 g/mol. The third-order valence-electron chi connectivity index (χ3n) is 6.06. The van der Waals surface area contributed by atoms with Crippen molar-refractivity contribution in [2.24, 2.45) is 11.8 Å². The van der Waals surface area contributed by atoms with Gasteiger partial charge in [-0.25, -0.2) is 0 Å². The lowest BCUT2D eigenvalue weighted by molar-refractivity contribution is -0.127. The molecule has 2 fully saturated rings. The van der Waals surface area contributed by atoms with Crippen molar-refractivity contribution < 1.29 is 4.79 Å². The lowest BCUT2D eigenvalue weighted by Crippen LogP contribution is -2.51. The highest BCUT2D eigenvalue weighted by Crippen LogP contribution is 2.40. The van der Waals surface area contributed by atoms with E-state index in [0.29, 0.717) is 5.92 Å². The fraction of sp³-hybridized carbons (Fsp3) is 0.650. The van der Waals surface area contributed by atoms with Crippen molar-refractivity contribution in [1.29, 1.82) is 0 Å². The van der Waals surface area contributed by atoms with Gasteiger partial charge in [0, 0.05) is 17.9 Å². The summed E-state index contributed by atoms with van der Waals surface area (Å²) in [4.78, 5) is 12.5. The van der Waals surface area contributed by atoms with Crippen molar-refractivity contribution in [3.8, 4) is 0 Å². The number of amides is 1. The molecule has 3 rings (SSSR count). The van der Waals surface area contributed by atoms with Crippen molar-refractivity contribution in [1.82, 2.24) is 10.6 Å². The van der Waals surface area contributed by atoms with Crippen LogP contribution in [0.3, 0.4) is 0 Å². The predicted molar refractivity (Wildman–Crippen MR) is 94.5 cm³/mol. The van der Waals surface area contributed by atoms with E-state index < -0.39 is 0 Å². The first-order valence-corrected chi connectivity index (χ1v) is 9.17. The fourth-order valence-electron chi connectivity index (χ4n) is 4.23. The molecular weight excluding hydrogens is 284 g/mol. The normalized spacial score (nSPS) is 22.2. The number of nitrogens with one attached hydrogen (secondary N) is 2. The van der Waals surface area contributed by atoms with Crippen LogP contribution in [-0.2, 0) is 10.2 Å². The van der Waals surface area contributed by atoms with Gasteiger partial charge in [0.05, 0.1) is 0 Å². The van der Waals surface area contributed by atoms with E-state index in [0.717, 1.165) is 19.6 Å². The van der Waals surface area contributed by atoms with E-state index in [1.165, 1.54) is 43.2 Å². The van der Waals surface area contributed by atoms with Gasteiger partial charge in [0.2, 0.25) is 5.91 Å². The number of aryl methyl sites for hydroxylation is 1. The van der Waals surface area contributed by atoms with Crippen molar-refractivity contribution in [3.05, 3.63) is 35.4 Å². The summed E-state index contributed by atoms with van der Waals surface area (Å²) in [7, 11) is 0. The molecule has 0 radical (unpaired) electrons. The highest BCUT2D eigenvalue weighted by Gasteiger charge is 2.36. The Hall–Kier alpha value is -1.35. The van der Waals surface area contributed by atoms with E-state index in [1.54, 1.807) is 0 Å². The van der Waals surface area contributed by atoms with Gasteiger partial charge in [-0.1, -0.05) is 50.5 Å². The summed E-state index contributed by atoms with van der Waals surface area (Å²) >= 11 is 0. The number of rotatable bonds is 5. The van der Waals surface area contributed by atoms with Crippen molar-refractivity contribution >= 4 is 5.91 Å². The molecule has 1 heterocycles. The van der Waals surface area contributed by atoms with Crippen LogP contribution < -0.4 is 10.6 Å². The van der Waals surface area contributed by atoms with E-state index in [9.17, 15) is 4.79 Å². The molecule has 2 N–H and O–H groups in total. The van der Waals surface area contributed by atoms with Gasteiger partial charge in [-0.3, -0.25) is 4.79 Å². The lowest BCUT2D eigenvalue weighted by Gasteiger charge is -2.40. The summed E-state index contributed by atoms with van der Waals surface area (Å²) in [5.41, 5.74) is 2.94. The summed E-state index contributed by atoms with van der Waals surface area (Å²) in [5, 5.41) is 6.56. The molecule has 1 aromatic carbocycles. The molecule has 3 heteroatoms. The minimum atomic E-state index is 0.119. The Labute approximate surface area is 140 Å². The molecule has 1 atom stereocenters. The smallest absolute Gasteiger partial charge is 0.223 e. The van der Waals surface area contributed by atoms with Crippen LogP contribution in [0, 0.1) is 18.8 Å². The summed E-state index contributed by atoms with van der Waals surface area (Å²) in [6.07, 6.45) is 6.25. The van der Waals surface area contributed by atoms with Gasteiger partial charge in [-0.05, 0) is 49.9 Å². The molecule has 1 aromatic rings. The fourth-order valence-corrected chi connectivity index (χ4v) is 4.23. The van der Waals surface area contributed by atoms with E-state index in [1.807, 2.05) is 0 Å². The highest BCUT2D eigenvalue weighted by atomic mass is 16.1. The standard InChI is InChI=1S/C20H30N2O/c1-15-8-4-5-9-18(15)20(10-6-3-7-11-20)14-22-19(23)16(2)17-12-21-13-17/h4-5,8-9,16-17,21H,3,6-7,10-14H2,1-2H3,(H,22,23). The van der Waals surface area contributed by atoms with Crippen molar-refractivity contribution in [2.45, 2.75) is 51.4 Å². The summed E-state index contributed by atoms with van der Waals surface area (Å²) in [5.74, 6) is 0.861. The van der Waals surface area contributed by atoms with Gasteiger partial charge in [0.1, 0.15) is 0 Å². The maximum atomic E-state index is 12.5. The molecule has 1 aliphatic carbocycles. The SMILES string of the molecule is Cc1ccccc1C1(CNC(=O)C(C)C2CNC2)CCCCC1. The molecule has 1 aliphatic heterocycles. The van der Waals surface area contributed by atoms with E-state index in [-0.39, 0.29) is 17.2 Å². The molecule has 0 bridgehead atoms. The number of hydrogen-bond donors (Lipinski definition) is 2. The lowest BCUT2D eigenvalue weighted by atomic mass is 9.68. The molecule has 2 aliphatic rings. The third-order valence-corrected chi connectivity index (χ3v) is 6.06. The molecule has 23 heavy (non-hydrogen) atoms. The Morgan fingerprint density at radius 1 is 1.26 bits per heavy atom. The average molecular weight is 314 g/mol. The molecular formula is C20H30N2O.